The van der Waals surface area contributed by atoms with Crippen molar-refractivity contribution in [3.63, 3.8) is 0 Å². The Balaban J connectivity index is 1.64. The molecule has 0 saturated heterocycles. The molecule has 0 saturated carbocycles. The largest absolute Gasteiger partial charge is 0.334 e. The van der Waals surface area contributed by atoms with Crippen LogP contribution in [0.5, 0.6) is 0 Å². The number of urea groups is 1. The quantitative estimate of drug-likeness (QED) is 0.938. The van der Waals surface area contributed by atoms with Crippen LogP contribution in [0, 0.1) is 6.92 Å². The van der Waals surface area contributed by atoms with Crippen LogP contribution in [0.2, 0.25) is 0 Å². The molecular weight excluding hydrogens is 308 g/mol. The number of hydrogen-bond donors (Lipinski definition) is 1. The molecule has 2 aromatic rings. The van der Waals surface area contributed by atoms with Crippen LogP contribution in [-0.2, 0) is 26.6 Å². The van der Waals surface area contributed by atoms with Gasteiger partial charge in [-0.1, -0.05) is 13.8 Å². The predicted molar refractivity (Wildman–Crippen MR) is 92.7 cm³/mol. The van der Waals surface area contributed by atoms with Gasteiger partial charge in [0, 0.05) is 36.5 Å². The molecule has 23 heavy (non-hydrogen) atoms. The first kappa shape index (κ1) is 16.1. The highest BCUT2D eigenvalue weighted by molar-refractivity contribution is 7.10. The second kappa shape index (κ2) is 6.35. The lowest BCUT2D eigenvalue weighted by Crippen LogP contribution is -2.42. The fraction of sp³-hybridized carbons (Fsp3) is 0.529. The molecule has 1 N–H and O–H groups in total. The number of aryl methyl sites for hydroxylation is 1. The van der Waals surface area contributed by atoms with Gasteiger partial charge in [0.1, 0.15) is 5.82 Å². The minimum absolute atomic E-state index is 0.00143. The Morgan fingerprint density at radius 3 is 2.91 bits per heavy atom. The number of thiophene rings is 1. The zero-order valence-electron chi connectivity index (χ0n) is 14.2. The van der Waals surface area contributed by atoms with Gasteiger partial charge in [0.2, 0.25) is 0 Å². The van der Waals surface area contributed by atoms with Gasteiger partial charge in [0.25, 0.3) is 0 Å². The average Bonchev–Trinajstić information content (AvgIpc) is 3.08. The van der Waals surface area contributed by atoms with E-state index in [1.807, 2.05) is 4.90 Å². The Hall–Kier alpha value is -1.82. The van der Waals surface area contributed by atoms with Crippen molar-refractivity contribution in [1.29, 1.82) is 0 Å². The molecule has 0 atom stereocenters. The number of carbonyl (C=O) groups is 1. The molecule has 0 spiro atoms. The molecule has 2 aromatic heterocycles. The van der Waals surface area contributed by atoms with Crippen molar-refractivity contribution in [2.75, 3.05) is 6.54 Å². The normalized spacial score (nSPS) is 14.2. The summed E-state index contributed by atoms with van der Waals surface area (Å²) in [6.45, 7) is 8.33. The Labute approximate surface area is 141 Å². The molecule has 0 radical (unpaired) electrons. The van der Waals surface area contributed by atoms with E-state index in [0.717, 1.165) is 24.5 Å². The summed E-state index contributed by atoms with van der Waals surface area (Å²) in [6.07, 6.45) is 0.872. The molecule has 1 aliphatic heterocycles. The maximum atomic E-state index is 12.4. The van der Waals surface area contributed by atoms with Gasteiger partial charge in [-0.25, -0.2) is 9.78 Å². The molecule has 0 aromatic carbocycles. The smallest absolute Gasteiger partial charge is 0.318 e. The Morgan fingerprint density at radius 1 is 1.48 bits per heavy atom. The van der Waals surface area contributed by atoms with Gasteiger partial charge in [0.15, 0.2) is 0 Å². The summed E-state index contributed by atoms with van der Waals surface area (Å²) in [5.74, 6) is 1.50. The molecule has 3 rings (SSSR count). The van der Waals surface area contributed by atoms with Crippen LogP contribution in [0.15, 0.2) is 11.4 Å². The van der Waals surface area contributed by atoms with E-state index in [2.05, 4.69) is 49.1 Å². The topological polar surface area (TPSA) is 50.2 Å². The van der Waals surface area contributed by atoms with Crippen molar-refractivity contribution in [3.05, 3.63) is 39.1 Å². The van der Waals surface area contributed by atoms with Crippen LogP contribution in [-0.4, -0.2) is 27.0 Å². The van der Waals surface area contributed by atoms with Gasteiger partial charge in [-0.15, -0.1) is 11.3 Å². The zero-order chi connectivity index (χ0) is 16.6. The van der Waals surface area contributed by atoms with E-state index >= 15 is 0 Å². The van der Waals surface area contributed by atoms with E-state index in [4.69, 9.17) is 4.98 Å². The number of amides is 2. The van der Waals surface area contributed by atoms with Gasteiger partial charge in [-0.05, 0) is 23.9 Å². The number of nitrogens with zero attached hydrogens (tertiary/aromatic N) is 3. The molecule has 0 aliphatic carbocycles. The van der Waals surface area contributed by atoms with E-state index in [-0.39, 0.29) is 6.03 Å². The lowest BCUT2D eigenvalue weighted by molar-refractivity contribution is 0.190. The van der Waals surface area contributed by atoms with Crippen molar-refractivity contribution in [2.45, 2.75) is 46.2 Å². The van der Waals surface area contributed by atoms with Crippen molar-refractivity contribution in [2.24, 2.45) is 7.05 Å². The monoisotopic (exact) mass is 332 g/mol. The summed E-state index contributed by atoms with van der Waals surface area (Å²) in [5.41, 5.74) is 3.56. The maximum Gasteiger partial charge on any atom is 0.318 e. The number of aromatic nitrogens is 2. The molecular formula is C17H24N4OS. The lowest BCUT2D eigenvalue weighted by atomic mass is 10.1. The van der Waals surface area contributed by atoms with Crippen LogP contribution in [0.3, 0.4) is 0 Å². The SMILES string of the molecule is Cc1csc(CNC(=O)N2CCc3c(nc(C(C)C)n3C)C2)c1. The number of nitrogens with one attached hydrogen (secondary N) is 1. The second-order valence-corrected chi connectivity index (χ2v) is 7.49. The summed E-state index contributed by atoms with van der Waals surface area (Å²) in [4.78, 5) is 20.2. The van der Waals surface area contributed by atoms with Gasteiger partial charge in [-0.2, -0.15) is 0 Å². The van der Waals surface area contributed by atoms with Gasteiger partial charge in [0.05, 0.1) is 18.8 Å². The van der Waals surface area contributed by atoms with E-state index in [9.17, 15) is 4.79 Å². The summed E-state index contributed by atoms with van der Waals surface area (Å²) >= 11 is 1.69. The number of fused-ring (bicyclic) bond motifs is 1. The van der Waals surface area contributed by atoms with Crippen molar-refractivity contribution in [1.82, 2.24) is 19.8 Å². The first-order valence-corrected chi connectivity index (χ1v) is 8.94. The second-order valence-electron chi connectivity index (χ2n) is 6.50. The van der Waals surface area contributed by atoms with Gasteiger partial charge >= 0.3 is 6.03 Å². The lowest BCUT2D eigenvalue weighted by Gasteiger charge is -2.26. The molecule has 0 fully saturated rings. The minimum Gasteiger partial charge on any atom is -0.334 e. The molecule has 5 nitrogen and oxygen atoms in total. The van der Waals surface area contributed by atoms with Crippen molar-refractivity contribution >= 4 is 17.4 Å². The van der Waals surface area contributed by atoms with E-state index in [1.54, 1.807) is 11.3 Å². The third-order valence-electron chi connectivity index (χ3n) is 4.29. The Bertz CT molecular complexity index is 716. The highest BCUT2D eigenvalue weighted by Crippen LogP contribution is 2.23. The summed E-state index contributed by atoms with van der Waals surface area (Å²) < 4.78 is 2.20. The Morgan fingerprint density at radius 2 is 2.26 bits per heavy atom. The molecule has 1 aliphatic rings. The fourth-order valence-electron chi connectivity index (χ4n) is 3.10. The molecule has 124 valence electrons. The minimum atomic E-state index is -0.00143. The first-order valence-electron chi connectivity index (χ1n) is 8.07. The van der Waals surface area contributed by atoms with E-state index in [0.29, 0.717) is 19.0 Å². The van der Waals surface area contributed by atoms with E-state index < -0.39 is 0 Å². The fourth-order valence-corrected chi connectivity index (χ4v) is 3.91. The standard InChI is InChI=1S/C17H24N4OS/c1-11(2)16-19-14-9-21(6-5-15(14)20(16)4)17(22)18-8-13-7-12(3)10-23-13/h7,10-11H,5-6,8-9H2,1-4H3,(H,18,22). The van der Waals surface area contributed by atoms with Crippen LogP contribution in [0.1, 0.15) is 47.4 Å². The molecule has 6 heteroatoms. The number of imidazole rings is 1. The van der Waals surface area contributed by atoms with Crippen LogP contribution >= 0.6 is 11.3 Å². The molecule has 0 bridgehead atoms. The summed E-state index contributed by atoms with van der Waals surface area (Å²) in [5, 5.41) is 5.13. The highest BCUT2D eigenvalue weighted by Gasteiger charge is 2.26. The van der Waals surface area contributed by atoms with Crippen molar-refractivity contribution < 1.29 is 4.79 Å². The molecule has 2 amide bonds. The van der Waals surface area contributed by atoms with Crippen molar-refractivity contribution in [3.8, 4) is 0 Å². The Kier molecular flexibility index (Phi) is 4.43. The number of rotatable bonds is 3. The molecule has 3 heterocycles. The summed E-state index contributed by atoms with van der Waals surface area (Å²) in [6, 6.07) is 2.12. The van der Waals surface area contributed by atoms with Crippen LogP contribution < -0.4 is 5.32 Å². The number of carbonyl (C=O) groups excluding carboxylic acids is 1. The highest BCUT2D eigenvalue weighted by atomic mass is 32.1. The van der Waals surface area contributed by atoms with Gasteiger partial charge in [-0.3, -0.25) is 0 Å². The molecule has 0 unspecified atom stereocenters. The van der Waals surface area contributed by atoms with Crippen LogP contribution in [0.25, 0.3) is 0 Å². The number of hydrogen-bond acceptors (Lipinski definition) is 3. The third kappa shape index (κ3) is 3.27. The first-order chi connectivity index (χ1) is 11.0. The van der Waals surface area contributed by atoms with Crippen LogP contribution in [0.4, 0.5) is 4.79 Å². The van der Waals surface area contributed by atoms with E-state index in [1.165, 1.54) is 16.1 Å². The van der Waals surface area contributed by atoms with Gasteiger partial charge < -0.3 is 14.8 Å². The zero-order valence-corrected chi connectivity index (χ0v) is 15.0. The maximum absolute atomic E-state index is 12.4. The predicted octanol–water partition coefficient (Wildman–Crippen LogP) is 3.18. The third-order valence-corrected chi connectivity index (χ3v) is 5.35. The average molecular weight is 332 g/mol. The summed E-state index contributed by atoms with van der Waals surface area (Å²) in [7, 11) is 2.08.